The monoisotopic (exact) mass is 369 g/mol. The van der Waals surface area contributed by atoms with Crippen LogP contribution in [0.4, 0.5) is 0 Å². The highest BCUT2D eigenvalue weighted by atomic mass is 16.5. The van der Waals surface area contributed by atoms with Crippen LogP contribution in [0.15, 0.2) is 30.0 Å². The van der Waals surface area contributed by atoms with Crippen LogP contribution in [0.2, 0.25) is 0 Å². The summed E-state index contributed by atoms with van der Waals surface area (Å²) in [6.45, 7) is 2.23. The standard InChI is InChI=1S/C21H23NO5/c1-12-8-16(23)15(11-22(2)3)21-19(12)20(24)18(27-21)10-13-9-14(25-4)6-7-17(13)26-5/h6-10,23H,11H2,1-5H3. The number of benzene rings is 2. The van der Waals surface area contributed by atoms with Gasteiger partial charge in [-0.25, -0.2) is 0 Å². The first kappa shape index (κ1) is 18.8. The minimum absolute atomic E-state index is 0.111. The van der Waals surface area contributed by atoms with Crippen molar-refractivity contribution in [2.75, 3.05) is 28.3 Å². The third kappa shape index (κ3) is 3.48. The van der Waals surface area contributed by atoms with Gasteiger partial charge in [0.1, 0.15) is 23.8 Å². The van der Waals surface area contributed by atoms with Crippen LogP contribution < -0.4 is 24.2 Å². The molecule has 0 spiro atoms. The second-order valence-corrected chi connectivity index (χ2v) is 6.81. The van der Waals surface area contributed by atoms with Gasteiger partial charge in [-0.1, -0.05) is 11.8 Å². The molecule has 6 nitrogen and oxygen atoms in total. The van der Waals surface area contributed by atoms with E-state index in [1.807, 2.05) is 14.1 Å². The Bertz CT molecular complexity index is 931. The lowest BCUT2D eigenvalue weighted by atomic mass is 9.99. The van der Waals surface area contributed by atoms with Crippen LogP contribution in [0.3, 0.4) is 0 Å². The van der Waals surface area contributed by atoms with E-state index in [1.165, 1.54) is 6.07 Å². The van der Waals surface area contributed by atoms with Gasteiger partial charge < -0.3 is 24.2 Å². The molecule has 142 valence electrons. The third-order valence-corrected chi connectivity index (χ3v) is 4.46. The summed E-state index contributed by atoms with van der Waals surface area (Å²) in [5.41, 5.74) is 2.26. The molecule has 2 aromatic carbocycles. The van der Waals surface area contributed by atoms with E-state index in [-0.39, 0.29) is 17.3 Å². The zero-order chi connectivity index (χ0) is 19.7. The van der Waals surface area contributed by atoms with Crippen LogP contribution >= 0.6 is 0 Å². The van der Waals surface area contributed by atoms with Gasteiger partial charge in [-0.15, -0.1) is 0 Å². The van der Waals surface area contributed by atoms with E-state index in [2.05, 4.69) is 0 Å². The van der Waals surface area contributed by atoms with Gasteiger partial charge in [0.2, 0.25) is 5.78 Å². The van der Waals surface area contributed by atoms with Crippen molar-refractivity contribution in [3.8, 4) is 23.0 Å². The fraction of sp³-hybridized carbons (Fsp3) is 0.286. The number of carbonyl (C=O) groups is 1. The molecule has 2 aromatic rings. The summed E-state index contributed by atoms with van der Waals surface area (Å²) in [6, 6.07) is 6.81. The van der Waals surface area contributed by atoms with Crippen molar-refractivity contribution < 1.29 is 29.0 Å². The van der Waals surface area contributed by atoms with Crippen LogP contribution in [-0.4, -0.2) is 34.1 Å². The number of ether oxygens (including phenoxy) is 3. The molecule has 6 heteroatoms. The first-order valence-corrected chi connectivity index (χ1v) is 8.64. The van der Waals surface area contributed by atoms with Crippen molar-refractivity contribution in [2.45, 2.75) is 13.5 Å². The van der Waals surface area contributed by atoms with Crippen molar-refractivity contribution in [1.82, 2.24) is 0 Å². The first-order valence-electron chi connectivity index (χ1n) is 8.64. The van der Waals surface area contributed by atoms with Gasteiger partial charge in [-0.05, 0) is 36.8 Å². The van der Waals surface area contributed by atoms with Gasteiger partial charge in [0.15, 0.2) is 5.76 Å². The molecule has 1 heterocycles. The Kier molecular flexibility index (Phi) is 5.10. The Balaban J connectivity index is 2.10. The van der Waals surface area contributed by atoms with E-state index in [4.69, 9.17) is 14.2 Å². The van der Waals surface area contributed by atoms with Gasteiger partial charge in [0, 0.05) is 11.1 Å². The molecule has 0 saturated heterocycles. The van der Waals surface area contributed by atoms with Crippen molar-refractivity contribution in [2.24, 2.45) is 0 Å². The van der Waals surface area contributed by atoms with Crippen molar-refractivity contribution in [3.05, 3.63) is 52.3 Å². The average Bonchev–Trinajstić information content (AvgIpc) is 2.95. The van der Waals surface area contributed by atoms with Crippen molar-refractivity contribution >= 4 is 11.9 Å². The van der Waals surface area contributed by atoms with Crippen LogP contribution in [-0.2, 0) is 6.54 Å². The zero-order valence-corrected chi connectivity index (χ0v) is 16.1. The van der Waals surface area contributed by atoms with Crippen LogP contribution in [0.5, 0.6) is 23.0 Å². The van der Waals surface area contributed by atoms with E-state index < -0.39 is 0 Å². The second kappa shape index (κ2) is 7.32. The molecule has 0 unspecified atom stereocenters. The molecule has 1 aliphatic rings. The number of hydrogen-bond donors (Lipinski definition) is 1. The van der Waals surface area contributed by atoms with Gasteiger partial charge in [-0.3, -0.25) is 4.79 Å². The Labute approximate surface area is 158 Å². The number of fused-ring (bicyclic) bond motifs is 1. The highest BCUT2D eigenvalue weighted by Crippen LogP contribution is 2.41. The number of carbonyl (C=O) groups excluding carboxylic acids is 1. The maximum Gasteiger partial charge on any atom is 0.232 e. The molecular formula is C21H23NO5. The van der Waals surface area contributed by atoms with Gasteiger partial charge in [-0.2, -0.15) is 0 Å². The largest absolute Gasteiger partial charge is 0.872 e. The third-order valence-electron chi connectivity index (χ3n) is 4.46. The number of ketones is 1. The molecule has 0 bridgehead atoms. The van der Waals surface area contributed by atoms with Crippen LogP contribution in [0.1, 0.15) is 27.0 Å². The van der Waals surface area contributed by atoms with Crippen molar-refractivity contribution in [3.63, 3.8) is 0 Å². The molecule has 1 N–H and O–H groups in total. The lowest BCUT2D eigenvalue weighted by Gasteiger charge is -2.19. The molecule has 0 fully saturated rings. The van der Waals surface area contributed by atoms with E-state index in [0.29, 0.717) is 46.0 Å². The maximum atomic E-state index is 13.0. The number of aryl methyl sites for hydroxylation is 1. The highest BCUT2D eigenvalue weighted by Gasteiger charge is 2.32. The Morgan fingerprint density at radius 1 is 1.19 bits per heavy atom. The topological polar surface area (TPSA) is 72.3 Å². The summed E-state index contributed by atoms with van der Waals surface area (Å²) in [7, 11) is 7.02. The van der Waals surface area contributed by atoms with E-state index in [0.717, 1.165) is 4.90 Å². The number of allylic oxidation sites excluding steroid dienone is 1. The molecule has 0 atom stereocenters. The molecule has 27 heavy (non-hydrogen) atoms. The minimum Gasteiger partial charge on any atom is -0.872 e. The maximum absolute atomic E-state index is 13.0. The number of rotatable bonds is 5. The summed E-state index contributed by atoms with van der Waals surface area (Å²) < 4.78 is 16.5. The molecule has 0 amide bonds. The van der Waals surface area contributed by atoms with Crippen LogP contribution in [0.25, 0.3) is 6.08 Å². The van der Waals surface area contributed by atoms with Gasteiger partial charge >= 0.3 is 0 Å². The quantitative estimate of drug-likeness (QED) is 0.806. The van der Waals surface area contributed by atoms with Gasteiger partial charge in [0.25, 0.3) is 0 Å². The van der Waals surface area contributed by atoms with Crippen LogP contribution in [0, 0.1) is 6.92 Å². The molecule has 0 saturated carbocycles. The normalized spacial score (nSPS) is 14.4. The Hall–Kier alpha value is -2.99. The highest BCUT2D eigenvalue weighted by molar-refractivity contribution is 6.16. The summed E-state index contributed by atoms with van der Waals surface area (Å²) in [4.78, 5) is 14.0. The fourth-order valence-corrected chi connectivity index (χ4v) is 3.18. The molecule has 0 radical (unpaired) electrons. The Morgan fingerprint density at radius 3 is 2.56 bits per heavy atom. The average molecular weight is 369 g/mol. The number of methoxy groups -OCH3 is 2. The molecule has 0 aliphatic carbocycles. The smallest absolute Gasteiger partial charge is 0.232 e. The predicted octanol–water partition coefficient (Wildman–Crippen LogP) is 1.35. The summed E-state index contributed by atoms with van der Waals surface area (Å²) in [5.74, 6) is 1.43. The number of nitrogens with one attached hydrogen (secondary N) is 1. The SMILES string of the molecule is COc1ccc(OC)c(C=C2Oc3c(C[NH+](C)C)c([O-])cc(C)c3C2=O)c1. The summed E-state index contributed by atoms with van der Waals surface area (Å²) in [6.07, 6.45) is 1.62. The summed E-state index contributed by atoms with van der Waals surface area (Å²) >= 11 is 0. The fourth-order valence-electron chi connectivity index (χ4n) is 3.18. The number of quaternary nitrogens is 1. The van der Waals surface area contributed by atoms with Crippen molar-refractivity contribution in [1.29, 1.82) is 0 Å². The summed E-state index contributed by atoms with van der Waals surface area (Å²) in [5, 5.41) is 12.4. The lowest BCUT2D eigenvalue weighted by molar-refractivity contribution is -0.872. The predicted molar refractivity (Wildman–Crippen MR) is 99.6 cm³/mol. The number of hydrogen-bond acceptors (Lipinski definition) is 5. The molecule has 0 aromatic heterocycles. The minimum atomic E-state index is -0.234. The van der Waals surface area contributed by atoms with E-state index in [9.17, 15) is 9.90 Å². The number of Topliss-reactive ketones (excluding diaryl/α,β-unsaturated/α-hetero) is 1. The molecule has 1 aliphatic heterocycles. The van der Waals surface area contributed by atoms with Gasteiger partial charge in [0.05, 0.1) is 33.9 Å². The molecule has 3 rings (SSSR count). The lowest BCUT2D eigenvalue weighted by Crippen LogP contribution is -3.04. The molecular weight excluding hydrogens is 346 g/mol. The van der Waals surface area contributed by atoms with E-state index >= 15 is 0 Å². The zero-order valence-electron chi connectivity index (χ0n) is 16.1. The first-order chi connectivity index (χ1) is 12.8. The second-order valence-electron chi connectivity index (χ2n) is 6.81. The van der Waals surface area contributed by atoms with E-state index in [1.54, 1.807) is 45.4 Å². The Morgan fingerprint density at radius 2 is 1.93 bits per heavy atom.